The van der Waals surface area contributed by atoms with Crippen molar-refractivity contribution < 1.29 is 19.1 Å². The number of ether oxygens (including phenoxy) is 2. The van der Waals surface area contributed by atoms with Crippen molar-refractivity contribution in [2.45, 2.75) is 6.92 Å². The summed E-state index contributed by atoms with van der Waals surface area (Å²) in [6, 6.07) is 0. The van der Waals surface area contributed by atoms with Crippen LogP contribution in [0.15, 0.2) is 0 Å². The van der Waals surface area contributed by atoms with Crippen molar-refractivity contribution >= 4 is 34.7 Å². The number of halogens is 1. The highest BCUT2D eigenvalue weighted by Gasteiger charge is 2.13. The molecule has 0 rings (SSSR count). The molecule has 0 aromatic carbocycles. The normalized spacial score (nSPS) is 9.15. The summed E-state index contributed by atoms with van der Waals surface area (Å²) in [5, 5.41) is 0. The van der Waals surface area contributed by atoms with Crippen LogP contribution in [0.3, 0.4) is 0 Å². The van der Waals surface area contributed by atoms with Gasteiger partial charge in [0.15, 0.2) is 0 Å². The summed E-state index contributed by atoms with van der Waals surface area (Å²) < 4.78 is 9.57. The molecule has 1 amide bonds. The van der Waals surface area contributed by atoms with Gasteiger partial charge in [0.05, 0.1) is 6.61 Å². The number of carbonyl (C=O) groups is 2. The van der Waals surface area contributed by atoms with E-state index < -0.39 is 12.1 Å². The monoisotopic (exact) mass is 301 g/mol. The first-order valence-corrected chi connectivity index (χ1v) is 5.23. The average Bonchev–Trinajstić information content (AvgIpc) is 2.05. The first-order valence-electron chi connectivity index (χ1n) is 3.71. The average molecular weight is 301 g/mol. The van der Waals surface area contributed by atoms with Crippen LogP contribution in [0.2, 0.25) is 0 Å². The Morgan fingerprint density at radius 2 is 2.00 bits per heavy atom. The van der Waals surface area contributed by atoms with E-state index in [1.54, 1.807) is 6.92 Å². The fourth-order valence-electron chi connectivity index (χ4n) is 0.622. The van der Waals surface area contributed by atoms with E-state index in [1.165, 1.54) is 7.05 Å². The van der Waals surface area contributed by atoms with E-state index in [4.69, 9.17) is 0 Å². The quantitative estimate of drug-likeness (QED) is 0.442. The summed E-state index contributed by atoms with van der Waals surface area (Å²) in [7, 11) is 1.48. The highest BCUT2D eigenvalue weighted by molar-refractivity contribution is 14.1. The van der Waals surface area contributed by atoms with E-state index in [-0.39, 0.29) is 11.2 Å². The first-order chi connectivity index (χ1) is 6.11. The van der Waals surface area contributed by atoms with Crippen LogP contribution in [0, 0.1) is 0 Å². The van der Waals surface area contributed by atoms with Crippen molar-refractivity contribution in [2.24, 2.45) is 0 Å². The second-order valence-corrected chi connectivity index (χ2v) is 2.80. The SMILES string of the molecule is CCOC(=O)CN(C)C(=O)OCI. The number of hydrogen-bond donors (Lipinski definition) is 0. The number of rotatable bonds is 4. The molecule has 0 unspecified atom stereocenters. The van der Waals surface area contributed by atoms with Gasteiger partial charge in [-0.2, -0.15) is 0 Å². The molecule has 0 atom stereocenters. The van der Waals surface area contributed by atoms with Gasteiger partial charge in [-0.3, -0.25) is 4.79 Å². The number of amides is 1. The lowest BCUT2D eigenvalue weighted by Crippen LogP contribution is -2.33. The maximum absolute atomic E-state index is 11.0. The Morgan fingerprint density at radius 1 is 1.38 bits per heavy atom. The molecule has 13 heavy (non-hydrogen) atoms. The highest BCUT2D eigenvalue weighted by atomic mass is 127. The summed E-state index contributed by atoms with van der Waals surface area (Å²) in [5.41, 5.74) is 0. The van der Waals surface area contributed by atoms with Crippen LogP contribution in [-0.4, -0.2) is 41.8 Å². The minimum Gasteiger partial charge on any atom is -0.465 e. The van der Waals surface area contributed by atoms with Gasteiger partial charge in [0, 0.05) is 7.05 Å². The lowest BCUT2D eigenvalue weighted by Gasteiger charge is -2.14. The van der Waals surface area contributed by atoms with E-state index in [0.29, 0.717) is 6.61 Å². The number of carbonyl (C=O) groups excluding carboxylic acids is 2. The predicted octanol–water partition coefficient (Wildman–Crippen LogP) is 1.01. The molecular weight excluding hydrogens is 289 g/mol. The summed E-state index contributed by atoms with van der Waals surface area (Å²) >= 11 is 1.90. The molecule has 0 spiro atoms. The molecule has 0 heterocycles. The van der Waals surface area contributed by atoms with Gasteiger partial charge in [0.2, 0.25) is 0 Å². The second kappa shape index (κ2) is 6.93. The van der Waals surface area contributed by atoms with E-state index in [0.717, 1.165) is 4.90 Å². The topological polar surface area (TPSA) is 55.8 Å². The highest BCUT2D eigenvalue weighted by Crippen LogP contribution is 1.93. The fourth-order valence-corrected chi connectivity index (χ4v) is 0.888. The third kappa shape index (κ3) is 5.67. The van der Waals surface area contributed by atoms with Gasteiger partial charge in [-0.15, -0.1) is 0 Å². The predicted molar refractivity (Wildman–Crippen MR) is 54.6 cm³/mol. The molecule has 0 aliphatic rings. The molecule has 0 aromatic heterocycles. The molecule has 0 aromatic rings. The van der Waals surface area contributed by atoms with E-state index in [2.05, 4.69) is 9.47 Å². The van der Waals surface area contributed by atoms with Crippen LogP contribution in [0.4, 0.5) is 4.79 Å². The van der Waals surface area contributed by atoms with Crippen molar-refractivity contribution in [3.63, 3.8) is 0 Å². The minimum atomic E-state index is -0.526. The van der Waals surface area contributed by atoms with Crippen LogP contribution in [-0.2, 0) is 14.3 Å². The molecule has 0 N–H and O–H groups in total. The Hall–Kier alpha value is -0.530. The zero-order chi connectivity index (χ0) is 10.3. The van der Waals surface area contributed by atoms with E-state index in [1.807, 2.05) is 22.6 Å². The van der Waals surface area contributed by atoms with E-state index in [9.17, 15) is 9.59 Å². The molecule has 6 heteroatoms. The zero-order valence-corrected chi connectivity index (χ0v) is 9.74. The fraction of sp³-hybridized carbons (Fsp3) is 0.714. The molecule has 0 bridgehead atoms. The van der Waals surface area contributed by atoms with Crippen LogP contribution in [0.25, 0.3) is 0 Å². The van der Waals surface area contributed by atoms with Gasteiger partial charge in [0.1, 0.15) is 11.2 Å². The van der Waals surface area contributed by atoms with E-state index >= 15 is 0 Å². The molecule has 0 saturated heterocycles. The zero-order valence-electron chi connectivity index (χ0n) is 7.58. The van der Waals surface area contributed by atoms with Crippen LogP contribution in [0.5, 0.6) is 0 Å². The summed E-state index contributed by atoms with van der Waals surface area (Å²) in [6.07, 6.45) is -0.526. The number of nitrogens with zero attached hydrogens (tertiary/aromatic N) is 1. The van der Waals surface area contributed by atoms with Crippen LogP contribution >= 0.6 is 22.6 Å². The van der Waals surface area contributed by atoms with Gasteiger partial charge < -0.3 is 14.4 Å². The Kier molecular flexibility index (Phi) is 6.65. The Labute approximate surface area is 90.5 Å². The van der Waals surface area contributed by atoms with Gasteiger partial charge in [-0.25, -0.2) is 4.79 Å². The maximum atomic E-state index is 11.0. The lowest BCUT2D eigenvalue weighted by molar-refractivity contribution is -0.143. The summed E-state index contributed by atoms with van der Waals surface area (Å²) in [4.78, 5) is 23.0. The molecule has 0 radical (unpaired) electrons. The van der Waals surface area contributed by atoms with Crippen LogP contribution < -0.4 is 0 Å². The molecule has 0 aliphatic carbocycles. The van der Waals surface area contributed by atoms with Crippen molar-refractivity contribution in [1.29, 1.82) is 0 Å². The number of alkyl halides is 1. The standard InChI is InChI=1S/C7H12INO4/c1-3-12-6(10)4-9(2)7(11)13-5-8/h3-5H2,1-2H3. The number of esters is 1. The minimum absolute atomic E-state index is 0.0800. The van der Waals surface area contributed by atoms with Gasteiger partial charge in [0.25, 0.3) is 0 Å². The molecule has 0 fully saturated rings. The maximum Gasteiger partial charge on any atom is 0.410 e. The largest absolute Gasteiger partial charge is 0.465 e. The number of likely N-dealkylation sites (N-methyl/N-ethyl adjacent to an activating group) is 1. The Morgan fingerprint density at radius 3 is 2.46 bits per heavy atom. The van der Waals surface area contributed by atoms with Crippen molar-refractivity contribution in [2.75, 3.05) is 24.8 Å². The van der Waals surface area contributed by atoms with Crippen molar-refractivity contribution in [3.8, 4) is 0 Å². The summed E-state index contributed by atoms with van der Waals surface area (Å²) in [6.45, 7) is 1.94. The molecular formula is C7H12INO4. The van der Waals surface area contributed by atoms with Gasteiger partial charge in [-0.1, -0.05) is 0 Å². The van der Waals surface area contributed by atoms with Crippen molar-refractivity contribution in [1.82, 2.24) is 4.90 Å². The smallest absolute Gasteiger partial charge is 0.410 e. The first kappa shape index (κ1) is 12.5. The second-order valence-electron chi connectivity index (χ2n) is 2.18. The number of hydrogen-bond acceptors (Lipinski definition) is 4. The molecule has 0 saturated carbocycles. The lowest BCUT2D eigenvalue weighted by atomic mass is 10.6. The third-order valence-corrected chi connectivity index (χ3v) is 1.47. The van der Waals surface area contributed by atoms with Gasteiger partial charge >= 0.3 is 12.1 Å². The van der Waals surface area contributed by atoms with Crippen LogP contribution in [0.1, 0.15) is 6.92 Å². The van der Waals surface area contributed by atoms with Crippen molar-refractivity contribution in [3.05, 3.63) is 0 Å². The molecule has 5 nitrogen and oxygen atoms in total. The molecule has 0 aliphatic heterocycles. The summed E-state index contributed by atoms with van der Waals surface area (Å²) in [5.74, 6) is -0.435. The molecule has 76 valence electrons. The Bertz CT molecular complexity index is 185. The van der Waals surface area contributed by atoms with Gasteiger partial charge in [-0.05, 0) is 29.5 Å². The Balaban J connectivity index is 3.78. The third-order valence-electron chi connectivity index (χ3n) is 1.16.